The number of hydrogen-bond acceptors (Lipinski definition) is 3. The van der Waals surface area contributed by atoms with Crippen molar-refractivity contribution in [2.75, 3.05) is 20.1 Å². The van der Waals surface area contributed by atoms with Gasteiger partial charge in [-0.25, -0.2) is 0 Å². The van der Waals surface area contributed by atoms with Crippen LogP contribution in [0.1, 0.15) is 27.2 Å². The molecule has 88 valence electrons. The molecule has 15 heavy (non-hydrogen) atoms. The summed E-state index contributed by atoms with van der Waals surface area (Å²) in [5, 5.41) is 6.23. The summed E-state index contributed by atoms with van der Waals surface area (Å²) >= 11 is 0. The molecule has 0 aromatic heterocycles. The van der Waals surface area contributed by atoms with Gasteiger partial charge in [0.25, 0.3) is 0 Å². The van der Waals surface area contributed by atoms with Crippen LogP contribution >= 0.6 is 0 Å². The van der Waals surface area contributed by atoms with Gasteiger partial charge < -0.3 is 10.6 Å². The van der Waals surface area contributed by atoms with Crippen molar-refractivity contribution in [1.82, 2.24) is 15.5 Å². The van der Waals surface area contributed by atoms with Gasteiger partial charge in [-0.2, -0.15) is 0 Å². The summed E-state index contributed by atoms with van der Waals surface area (Å²) in [7, 11) is 2.02. The summed E-state index contributed by atoms with van der Waals surface area (Å²) in [5.74, 6) is 0.138. The van der Waals surface area contributed by atoms with Crippen LogP contribution in [0.3, 0.4) is 0 Å². The molecule has 1 aliphatic rings. The van der Waals surface area contributed by atoms with E-state index >= 15 is 0 Å². The quantitative estimate of drug-likeness (QED) is 0.685. The molecule has 0 aromatic rings. The van der Waals surface area contributed by atoms with E-state index in [4.69, 9.17) is 0 Å². The molecule has 0 aromatic carbocycles. The summed E-state index contributed by atoms with van der Waals surface area (Å²) in [4.78, 5) is 14.0. The number of amides is 1. The molecule has 1 rings (SSSR count). The fraction of sp³-hybridized carbons (Fsp3) is 0.909. The van der Waals surface area contributed by atoms with E-state index in [0.717, 1.165) is 19.5 Å². The molecule has 2 N–H and O–H groups in total. The Morgan fingerprint density at radius 3 is 2.53 bits per heavy atom. The van der Waals surface area contributed by atoms with E-state index in [1.807, 2.05) is 20.9 Å². The maximum absolute atomic E-state index is 11.8. The molecule has 1 heterocycles. The predicted molar refractivity (Wildman–Crippen MR) is 61.8 cm³/mol. The Labute approximate surface area is 92.4 Å². The molecule has 1 fully saturated rings. The average Bonchev–Trinajstić information content (AvgIpc) is 2.13. The minimum Gasteiger partial charge on any atom is -0.352 e. The molecule has 1 amide bonds. The molecule has 0 spiro atoms. The monoisotopic (exact) mass is 213 g/mol. The van der Waals surface area contributed by atoms with Gasteiger partial charge in [0.15, 0.2) is 0 Å². The van der Waals surface area contributed by atoms with Crippen LogP contribution in [0.5, 0.6) is 0 Å². The summed E-state index contributed by atoms with van der Waals surface area (Å²) in [5.41, 5.74) is 0. The zero-order valence-electron chi connectivity index (χ0n) is 10.2. The predicted octanol–water partition coefficient (Wildman–Crippen LogP) is 0.193. The number of carbonyl (C=O) groups excluding carboxylic acids is 1. The van der Waals surface area contributed by atoms with Crippen LogP contribution < -0.4 is 10.6 Å². The third-order valence-electron chi connectivity index (χ3n) is 3.33. The highest BCUT2D eigenvalue weighted by atomic mass is 16.2. The summed E-state index contributed by atoms with van der Waals surface area (Å²) in [6.07, 6.45) is 0.979. The number of nitrogens with zero attached hydrogens (tertiary/aromatic N) is 1. The van der Waals surface area contributed by atoms with Crippen LogP contribution in [0.4, 0.5) is 0 Å². The van der Waals surface area contributed by atoms with Crippen LogP contribution in [0.15, 0.2) is 0 Å². The fourth-order valence-electron chi connectivity index (χ4n) is 1.53. The molecule has 0 aliphatic carbocycles. The number of likely N-dealkylation sites (N-methyl/N-ethyl adjacent to an activating group) is 1. The van der Waals surface area contributed by atoms with Crippen LogP contribution in [-0.2, 0) is 4.79 Å². The van der Waals surface area contributed by atoms with E-state index in [2.05, 4.69) is 22.5 Å². The van der Waals surface area contributed by atoms with Crippen molar-refractivity contribution in [3.05, 3.63) is 0 Å². The van der Waals surface area contributed by atoms with Crippen LogP contribution in [-0.4, -0.2) is 49.1 Å². The molecule has 1 saturated heterocycles. The zero-order chi connectivity index (χ0) is 11.4. The second kappa shape index (κ2) is 5.47. The van der Waals surface area contributed by atoms with Gasteiger partial charge >= 0.3 is 0 Å². The lowest BCUT2D eigenvalue weighted by atomic mass is 10.1. The van der Waals surface area contributed by atoms with Crippen molar-refractivity contribution in [3.63, 3.8) is 0 Å². The van der Waals surface area contributed by atoms with Crippen LogP contribution in [0, 0.1) is 0 Å². The first kappa shape index (κ1) is 12.5. The first-order valence-corrected chi connectivity index (χ1v) is 5.79. The first-order valence-electron chi connectivity index (χ1n) is 5.79. The second-order valence-electron chi connectivity index (χ2n) is 4.47. The van der Waals surface area contributed by atoms with Gasteiger partial charge in [-0.05, 0) is 27.3 Å². The Morgan fingerprint density at radius 1 is 1.53 bits per heavy atom. The van der Waals surface area contributed by atoms with Gasteiger partial charge in [-0.3, -0.25) is 9.69 Å². The summed E-state index contributed by atoms with van der Waals surface area (Å²) < 4.78 is 0. The lowest BCUT2D eigenvalue weighted by Gasteiger charge is -2.38. The van der Waals surface area contributed by atoms with Crippen LogP contribution in [0.2, 0.25) is 0 Å². The fourth-order valence-corrected chi connectivity index (χ4v) is 1.53. The molecule has 1 aliphatic heterocycles. The SMILES string of the molecule is CCC(C)NC(=O)C(C)N(C)C1CNC1. The summed E-state index contributed by atoms with van der Waals surface area (Å²) in [6, 6.07) is 0.752. The molecule has 0 radical (unpaired) electrons. The van der Waals surface area contributed by atoms with Crippen molar-refractivity contribution in [3.8, 4) is 0 Å². The standard InChI is InChI=1S/C11H23N3O/c1-5-8(2)13-11(15)9(3)14(4)10-6-12-7-10/h8-10,12H,5-7H2,1-4H3,(H,13,15). The Balaban J connectivity index is 2.37. The third-order valence-corrected chi connectivity index (χ3v) is 3.33. The molecular weight excluding hydrogens is 190 g/mol. The molecule has 4 heteroatoms. The number of rotatable bonds is 5. The van der Waals surface area contributed by atoms with Crippen LogP contribution in [0.25, 0.3) is 0 Å². The highest BCUT2D eigenvalue weighted by Crippen LogP contribution is 2.07. The maximum Gasteiger partial charge on any atom is 0.237 e. The molecular formula is C11H23N3O. The van der Waals surface area contributed by atoms with Crippen molar-refractivity contribution in [2.45, 2.75) is 45.3 Å². The molecule has 2 atom stereocenters. The number of carbonyl (C=O) groups is 1. The van der Waals surface area contributed by atoms with Gasteiger partial charge in [-0.15, -0.1) is 0 Å². The van der Waals surface area contributed by atoms with Crippen molar-refractivity contribution < 1.29 is 4.79 Å². The van der Waals surface area contributed by atoms with E-state index in [1.165, 1.54) is 0 Å². The van der Waals surface area contributed by atoms with E-state index in [9.17, 15) is 4.79 Å². The Morgan fingerprint density at radius 2 is 2.13 bits per heavy atom. The van der Waals surface area contributed by atoms with E-state index < -0.39 is 0 Å². The smallest absolute Gasteiger partial charge is 0.237 e. The highest BCUT2D eigenvalue weighted by Gasteiger charge is 2.28. The van der Waals surface area contributed by atoms with E-state index in [0.29, 0.717) is 6.04 Å². The molecule has 0 saturated carbocycles. The van der Waals surface area contributed by atoms with Gasteiger partial charge in [-0.1, -0.05) is 6.92 Å². The molecule has 0 bridgehead atoms. The third kappa shape index (κ3) is 3.18. The Bertz CT molecular complexity index is 216. The first-order chi connectivity index (χ1) is 7.06. The van der Waals surface area contributed by atoms with Crippen molar-refractivity contribution >= 4 is 5.91 Å². The molecule has 4 nitrogen and oxygen atoms in total. The Kier molecular flexibility index (Phi) is 4.54. The largest absolute Gasteiger partial charge is 0.352 e. The van der Waals surface area contributed by atoms with Gasteiger partial charge in [0.1, 0.15) is 0 Å². The summed E-state index contributed by atoms with van der Waals surface area (Å²) in [6.45, 7) is 8.08. The van der Waals surface area contributed by atoms with E-state index in [-0.39, 0.29) is 18.0 Å². The maximum atomic E-state index is 11.8. The Hall–Kier alpha value is -0.610. The van der Waals surface area contributed by atoms with Gasteiger partial charge in [0, 0.05) is 25.2 Å². The topological polar surface area (TPSA) is 44.4 Å². The van der Waals surface area contributed by atoms with Crippen molar-refractivity contribution in [2.24, 2.45) is 0 Å². The minimum atomic E-state index is -0.0360. The normalized spacial score (nSPS) is 20.9. The van der Waals surface area contributed by atoms with Gasteiger partial charge in [0.05, 0.1) is 6.04 Å². The lowest BCUT2D eigenvalue weighted by Crippen LogP contribution is -2.60. The lowest BCUT2D eigenvalue weighted by molar-refractivity contribution is -0.127. The second-order valence-corrected chi connectivity index (χ2v) is 4.47. The highest BCUT2D eigenvalue weighted by molar-refractivity contribution is 5.81. The van der Waals surface area contributed by atoms with Crippen molar-refractivity contribution in [1.29, 1.82) is 0 Å². The number of hydrogen-bond donors (Lipinski definition) is 2. The van der Waals surface area contributed by atoms with Gasteiger partial charge in [0.2, 0.25) is 5.91 Å². The minimum absolute atomic E-state index is 0.0360. The average molecular weight is 213 g/mol. The van der Waals surface area contributed by atoms with E-state index in [1.54, 1.807) is 0 Å². The zero-order valence-corrected chi connectivity index (χ0v) is 10.2. The molecule has 2 unspecified atom stereocenters. The number of nitrogens with one attached hydrogen (secondary N) is 2.